The van der Waals surface area contributed by atoms with E-state index in [2.05, 4.69) is 10.1 Å². The van der Waals surface area contributed by atoms with E-state index in [4.69, 9.17) is 4.74 Å². The SMILES string of the molecule is COc1ccc(NC2CC3CCC2C3)cc1OC(F)F. The van der Waals surface area contributed by atoms with E-state index in [1.807, 2.05) is 6.07 Å². The maximum Gasteiger partial charge on any atom is 0.387 e. The predicted molar refractivity (Wildman–Crippen MR) is 72.5 cm³/mol. The van der Waals surface area contributed by atoms with Crippen LogP contribution in [0.25, 0.3) is 0 Å². The Morgan fingerprint density at radius 2 is 2.05 bits per heavy atom. The van der Waals surface area contributed by atoms with E-state index in [-0.39, 0.29) is 5.75 Å². The van der Waals surface area contributed by atoms with Crippen molar-refractivity contribution in [2.45, 2.75) is 38.3 Å². The molecule has 20 heavy (non-hydrogen) atoms. The molecule has 2 aliphatic rings. The van der Waals surface area contributed by atoms with Gasteiger partial charge in [-0.25, -0.2) is 0 Å². The minimum absolute atomic E-state index is 0.0793. The third-order valence-corrected chi connectivity index (χ3v) is 4.47. The van der Waals surface area contributed by atoms with Gasteiger partial charge < -0.3 is 14.8 Å². The molecule has 1 aromatic carbocycles. The molecule has 1 aromatic rings. The van der Waals surface area contributed by atoms with E-state index < -0.39 is 6.61 Å². The van der Waals surface area contributed by atoms with Gasteiger partial charge in [-0.2, -0.15) is 8.78 Å². The lowest BCUT2D eigenvalue weighted by Crippen LogP contribution is -2.25. The Labute approximate surface area is 117 Å². The first-order valence-corrected chi connectivity index (χ1v) is 7.05. The molecule has 2 fully saturated rings. The topological polar surface area (TPSA) is 30.5 Å². The number of nitrogens with one attached hydrogen (secondary N) is 1. The zero-order valence-electron chi connectivity index (χ0n) is 11.4. The van der Waals surface area contributed by atoms with E-state index in [0.29, 0.717) is 11.8 Å². The summed E-state index contributed by atoms with van der Waals surface area (Å²) >= 11 is 0. The van der Waals surface area contributed by atoms with Crippen molar-refractivity contribution in [3.05, 3.63) is 18.2 Å². The number of benzene rings is 1. The molecule has 5 heteroatoms. The van der Waals surface area contributed by atoms with Crippen LogP contribution in [0.5, 0.6) is 11.5 Å². The van der Waals surface area contributed by atoms with Crippen LogP contribution in [0, 0.1) is 11.8 Å². The van der Waals surface area contributed by atoms with Gasteiger partial charge in [-0.05, 0) is 43.2 Å². The largest absolute Gasteiger partial charge is 0.493 e. The molecule has 0 amide bonds. The second kappa shape index (κ2) is 5.46. The van der Waals surface area contributed by atoms with Gasteiger partial charge in [-0.1, -0.05) is 6.42 Å². The van der Waals surface area contributed by atoms with E-state index in [1.165, 1.54) is 32.8 Å². The van der Waals surface area contributed by atoms with Crippen LogP contribution >= 0.6 is 0 Å². The standard InChI is InChI=1S/C15H19F2NO2/c1-19-13-5-4-11(8-14(13)20-15(16)17)18-12-7-9-2-3-10(12)6-9/h4-5,8-10,12,15,18H,2-3,6-7H2,1H3. The number of halogens is 2. The molecule has 0 radical (unpaired) electrons. The van der Waals surface area contributed by atoms with Crippen molar-refractivity contribution in [1.29, 1.82) is 0 Å². The zero-order chi connectivity index (χ0) is 14.1. The fourth-order valence-corrected chi connectivity index (χ4v) is 3.59. The maximum absolute atomic E-state index is 12.4. The third kappa shape index (κ3) is 2.67. The molecule has 3 nitrogen and oxygen atoms in total. The van der Waals surface area contributed by atoms with Gasteiger partial charge in [0, 0.05) is 17.8 Å². The predicted octanol–water partition coefficient (Wildman–Crippen LogP) is 3.90. The molecule has 0 aromatic heterocycles. The fourth-order valence-electron chi connectivity index (χ4n) is 3.59. The van der Waals surface area contributed by atoms with Gasteiger partial charge in [0.1, 0.15) is 0 Å². The highest BCUT2D eigenvalue weighted by Crippen LogP contribution is 2.46. The first kappa shape index (κ1) is 13.5. The Kier molecular flexibility index (Phi) is 3.68. The monoisotopic (exact) mass is 283 g/mol. The first-order valence-electron chi connectivity index (χ1n) is 7.05. The number of anilines is 1. The van der Waals surface area contributed by atoms with Gasteiger partial charge in [-0.3, -0.25) is 0 Å². The number of ether oxygens (including phenoxy) is 2. The zero-order valence-corrected chi connectivity index (χ0v) is 11.4. The minimum Gasteiger partial charge on any atom is -0.493 e. The second-order valence-electron chi connectivity index (χ2n) is 5.67. The van der Waals surface area contributed by atoms with Crippen molar-refractivity contribution in [1.82, 2.24) is 0 Å². The average Bonchev–Trinajstić information content (AvgIpc) is 3.00. The van der Waals surface area contributed by atoms with Gasteiger partial charge in [0.25, 0.3) is 0 Å². The van der Waals surface area contributed by atoms with Crippen LogP contribution in [0.2, 0.25) is 0 Å². The van der Waals surface area contributed by atoms with E-state index >= 15 is 0 Å². The Morgan fingerprint density at radius 1 is 1.20 bits per heavy atom. The fraction of sp³-hybridized carbons (Fsp3) is 0.600. The van der Waals surface area contributed by atoms with Crippen molar-refractivity contribution >= 4 is 5.69 Å². The Morgan fingerprint density at radius 3 is 2.65 bits per heavy atom. The van der Waals surface area contributed by atoms with Gasteiger partial charge >= 0.3 is 6.61 Å². The van der Waals surface area contributed by atoms with Crippen molar-refractivity contribution in [3.8, 4) is 11.5 Å². The van der Waals surface area contributed by atoms with Crippen LogP contribution in [0.3, 0.4) is 0 Å². The molecule has 110 valence electrons. The third-order valence-electron chi connectivity index (χ3n) is 4.47. The van der Waals surface area contributed by atoms with E-state index in [0.717, 1.165) is 17.5 Å². The highest BCUT2D eigenvalue weighted by atomic mass is 19.3. The summed E-state index contributed by atoms with van der Waals surface area (Å²) in [5.74, 6) is 1.97. The molecule has 3 unspecified atom stereocenters. The van der Waals surface area contributed by atoms with Crippen LogP contribution in [0.1, 0.15) is 25.7 Å². The van der Waals surface area contributed by atoms with Crippen molar-refractivity contribution in [2.24, 2.45) is 11.8 Å². The van der Waals surface area contributed by atoms with Crippen molar-refractivity contribution < 1.29 is 18.3 Å². The summed E-state index contributed by atoms with van der Waals surface area (Å²) in [5, 5.41) is 3.46. The van der Waals surface area contributed by atoms with E-state index in [9.17, 15) is 8.78 Å². The number of alkyl halides is 2. The van der Waals surface area contributed by atoms with Crippen LogP contribution in [-0.4, -0.2) is 19.8 Å². The molecular formula is C15H19F2NO2. The van der Waals surface area contributed by atoms with Gasteiger partial charge in [0.15, 0.2) is 11.5 Å². The summed E-state index contributed by atoms with van der Waals surface area (Å²) in [6, 6.07) is 5.56. The molecule has 0 heterocycles. The summed E-state index contributed by atoms with van der Waals surface area (Å²) in [6.07, 6.45) is 5.10. The molecule has 0 saturated heterocycles. The lowest BCUT2D eigenvalue weighted by Gasteiger charge is -2.24. The Balaban J connectivity index is 1.73. The summed E-state index contributed by atoms with van der Waals surface area (Å²) in [6.45, 7) is -2.85. The van der Waals surface area contributed by atoms with Crippen LogP contribution < -0.4 is 14.8 Å². The molecule has 2 aliphatic carbocycles. The van der Waals surface area contributed by atoms with Crippen LogP contribution in [0.4, 0.5) is 14.5 Å². The van der Waals surface area contributed by atoms with Gasteiger partial charge in [0.2, 0.25) is 0 Å². The molecular weight excluding hydrogens is 264 g/mol. The first-order chi connectivity index (χ1) is 9.65. The van der Waals surface area contributed by atoms with Gasteiger partial charge in [0.05, 0.1) is 7.11 Å². The highest BCUT2D eigenvalue weighted by Gasteiger charge is 2.39. The maximum atomic E-state index is 12.4. The summed E-state index contributed by atoms with van der Waals surface area (Å²) in [4.78, 5) is 0. The normalized spacial score (nSPS) is 27.9. The molecule has 3 rings (SSSR count). The molecule has 1 N–H and O–H groups in total. The highest BCUT2D eigenvalue weighted by molar-refractivity contribution is 5.55. The lowest BCUT2D eigenvalue weighted by molar-refractivity contribution is -0.0511. The van der Waals surface area contributed by atoms with Crippen LogP contribution in [-0.2, 0) is 0 Å². The Hall–Kier alpha value is -1.52. The average molecular weight is 283 g/mol. The molecule has 3 atom stereocenters. The smallest absolute Gasteiger partial charge is 0.387 e. The summed E-state index contributed by atoms with van der Waals surface area (Å²) in [7, 11) is 1.44. The number of methoxy groups -OCH3 is 1. The number of fused-ring (bicyclic) bond motifs is 2. The van der Waals surface area contributed by atoms with Crippen molar-refractivity contribution in [2.75, 3.05) is 12.4 Å². The van der Waals surface area contributed by atoms with Crippen molar-refractivity contribution in [3.63, 3.8) is 0 Å². The van der Waals surface area contributed by atoms with Gasteiger partial charge in [-0.15, -0.1) is 0 Å². The number of hydrogen-bond donors (Lipinski definition) is 1. The molecule has 0 spiro atoms. The second-order valence-corrected chi connectivity index (χ2v) is 5.67. The lowest BCUT2D eigenvalue weighted by atomic mass is 9.95. The quantitative estimate of drug-likeness (QED) is 0.889. The molecule has 2 bridgehead atoms. The molecule has 2 saturated carbocycles. The molecule has 0 aliphatic heterocycles. The summed E-state index contributed by atoms with van der Waals surface area (Å²) < 4.78 is 34.3. The summed E-state index contributed by atoms with van der Waals surface area (Å²) in [5.41, 5.74) is 0.819. The Bertz CT molecular complexity index is 481. The van der Waals surface area contributed by atoms with Crippen LogP contribution in [0.15, 0.2) is 18.2 Å². The minimum atomic E-state index is -2.85. The van der Waals surface area contributed by atoms with E-state index in [1.54, 1.807) is 12.1 Å². The number of hydrogen-bond acceptors (Lipinski definition) is 3. The number of rotatable bonds is 5.